The van der Waals surface area contributed by atoms with Crippen molar-refractivity contribution >= 4 is 5.91 Å². The first kappa shape index (κ1) is 15.0. The number of amides is 1. The Hall–Kier alpha value is -1.39. The number of carbonyl (C=O) groups is 1. The minimum atomic E-state index is -0.0162. The van der Waals surface area contributed by atoms with Crippen LogP contribution in [0, 0.1) is 6.92 Å². The molecule has 0 radical (unpaired) electrons. The molecule has 1 heterocycles. The predicted octanol–water partition coefficient (Wildman–Crippen LogP) is 1.88. The van der Waals surface area contributed by atoms with E-state index < -0.39 is 0 Å². The van der Waals surface area contributed by atoms with Gasteiger partial charge in [0.05, 0.1) is 12.2 Å². The van der Waals surface area contributed by atoms with E-state index in [4.69, 9.17) is 4.74 Å². The number of rotatable bonds is 6. The second kappa shape index (κ2) is 7.41. The monoisotopic (exact) mass is 276 g/mol. The van der Waals surface area contributed by atoms with Gasteiger partial charge in [-0.15, -0.1) is 0 Å². The number of benzene rings is 1. The third-order valence-electron chi connectivity index (χ3n) is 3.59. The van der Waals surface area contributed by atoms with Crippen LogP contribution in [0.25, 0.3) is 0 Å². The Labute approximate surface area is 120 Å². The van der Waals surface area contributed by atoms with Crippen LogP contribution in [0.3, 0.4) is 0 Å². The molecular formula is C16H24N2O2. The quantitative estimate of drug-likeness (QED) is 0.780. The summed E-state index contributed by atoms with van der Waals surface area (Å²) in [6.45, 7) is 6.39. The second-order valence-corrected chi connectivity index (χ2v) is 5.47. The summed E-state index contributed by atoms with van der Waals surface area (Å²) < 4.78 is 5.72. The van der Waals surface area contributed by atoms with Crippen LogP contribution in [0.15, 0.2) is 24.3 Å². The topological polar surface area (TPSA) is 50.4 Å². The van der Waals surface area contributed by atoms with Crippen LogP contribution in [0.4, 0.5) is 0 Å². The third kappa shape index (κ3) is 4.62. The Morgan fingerprint density at radius 3 is 2.65 bits per heavy atom. The summed E-state index contributed by atoms with van der Waals surface area (Å²) in [6.07, 6.45) is 3.00. The molecule has 0 spiro atoms. The van der Waals surface area contributed by atoms with E-state index in [9.17, 15) is 4.79 Å². The van der Waals surface area contributed by atoms with Crippen molar-refractivity contribution in [3.05, 3.63) is 35.4 Å². The van der Waals surface area contributed by atoms with Crippen LogP contribution in [0.2, 0.25) is 0 Å². The van der Waals surface area contributed by atoms with Crippen LogP contribution in [-0.2, 0) is 4.74 Å². The molecule has 4 heteroatoms. The third-order valence-corrected chi connectivity index (χ3v) is 3.59. The standard InChI is InChI=1S/C16H24N2O2/c1-12-3-6-14(7-4-12)16(19)18-10-9-17-11-15-8-5-13(2)20-15/h3-4,6-7,13,15,17H,5,8-11H2,1-2H3,(H,18,19). The molecule has 0 bridgehead atoms. The van der Waals surface area contributed by atoms with Gasteiger partial charge in [0.15, 0.2) is 0 Å². The molecule has 1 aromatic rings. The Bertz CT molecular complexity index is 431. The van der Waals surface area contributed by atoms with Gasteiger partial charge in [0, 0.05) is 25.2 Å². The summed E-state index contributed by atoms with van der Waals surface area (Å²) in [5.41, 5.74) is 1.87. The van der Waals surface area contributed by atoms with Gasteiger partial charge in [0.25, 0.3) is 5.91 Å². The molecule has 2 atom stereocenters. The average molecular weight is 276 g/mol. The first-order valence-corrected chi connectivity index (χ1v) is 7.36. The first-order chi connectivity index (χ1) is 9.65. The zero-order chi connectivity index (χ0) is 14.4. The predicted molar refractivity (Wildman–Crippen MR) is 80.0 cm³/mol. The fourth-order valence-corrected chi connectivity index (χ4v) is 2.37. The Morgan fingerprint density at radius 1 is 1.25 bits per heavy atom. The fourth-order valence-electron chi connectivity index (χ4n) is 2.37. The van der Waals surface area contributed by atoms with Gasteiger partial charge in [0.1, 0.15) is 0 Å². The molecule has 0 aliphatic carbocycles. The minimum absolute atomic E-state index is 0.0162. The smallest absolute Gasteiger partial charge is 0.251 e. The lowest BCUT2D eigenvalue weighted by Crippen LogP contribution is -2.35. The summed E-state index contributed by atoms with van der Waals surface area (Å²) in [6, 6.07) is 7.61. The molecule has 1 aliphatic heterocycles. The highest BCUT2D eigenvalue weighted by Gasteiger charge is 2.20. The average Bonchev–Trinajstić information content (AvgIpc) is 2.84. The van der Waals surface area contributed by atoms with Crippen molar-refractivity contribution in [2.45, 2.75) is 38.9 Å². The molecular weight excluding hydrogens is 252 g/mol. The molecule has 0 aromatic heterocycles. The SMILES string of the molecule is Cc1ccc(C(=O)NCCNCC2CCC(C)O2)cc1. The highest BCUT2D eigenvalue weighted by molar-refractivity contribution is 5.94. The number of ether oxygens (including phenoxy) is 1. The van der Waals surface area contributed by atoms with E-state index in [1.165, 1.54) is 0 Å². The summed E-state index contributed by atoms with van der Waals surface area (Å²) in [4.78, 5) is 11.9. The van der Waals surface area contributed by atoms with Crippen LogP contribution < -0.4 is 10.6 Å². The molecule has 1 fully saturated rings. The van der Waals surface area contributed by atoms with E-state index in [0.717, 1.165) is 31.5 Å². The zero-order valence-corrected chi connectivity index (χ0v) is 12.3. The van der Waals surface area contributed by atoms with E-state index in [0.29, 0.717) is 24.3 Å². The second-order valence-electron chi connectivity index (χ2n) is 5.47. The van der Waals surface area contributed by atoms with Crippen LogP contribution in [-0.4, -0.2) is 37.7 Å². The van der Waals surface area contributed by atoms with Gasteiger partial charge in [-0.05, 0) is 38.8 Å². The zero-order valence-electron chi connectivity index (χ0n) is 12.3. The molecule has 1 aromatic carbocycles. The van der Waals surface area contributed by atoms with Gasteiger partial charge in [0.2, 0.25) is 0 Å². The molecule has 20 heavy (non-hydrogen) atoms. The van der Waals surface area contributed by atoms with E-state index in [-0.39, 0.29) is 5.91 Å². The number of aryl methyl sites for hydroxylation is 1. The van der Waals surface area contributed by atoms with Crippen molar-refractivity contribution in [2.24, 2.45) is 0 Å². The van der Waals surface area contributed by atoms with Crippen LogP contribution in [0.5, 0.6) is 0 Å². The molecule has 4 nitrogen and oxygen atoms in total. The number of carbonyl (C=O) groups excluding carboxylic acids is 1. The summed E-state index contributed by atoms with van der Waals surface area (Å²) >= 11 is 0. The van der Waals surface area contributed by atoms with Crippen molar-refractivity contribution < 1.29 is 9.53 Å². The van der Waals surface area contributed by atoms with Crippen molar-refractivity contribution in [3.63, 3.8) is 0 Å². The van der Waals surface area contributed by atoms with Crippen LogP contribution in [0.1, 0.15) is 35.7 Å². The van der Waals surface area contributed by atoms with E-state index in [2.05, 4.69) is 17.6 Å². The van der Waals surface area contributed by atoms with Crippen molar-refractivity contribution in [1.29, 1.82) is 0 Å². The summed E-state index contributed by atoms with van der Waals surface area (Å²) in [5, 5.41) is 6.23. The van der Waals surface area contributed by atoms with Gasteiger partial charge in [-0.25, -0.2) is 0 Å². The van der Waals surface area contributed by atoms with Gasteiger partial charge in [-0.2, -0.15) is 0 Å². The molecule has 1 aliphatic rings. The number of hydrogen-bond acceptors (Lipinski definition) is 3. The van der Waals surface area contributed by atoms with Gasteiger partial charge in [-0.3, -0.25) is 4.79 Å². The Balaban J connectivity index is 1.59. The highest BCUT2D eigenvalue weighted by Crippen LogP contribution is 2.17. The minimum Gasteiger partial charge on any atom is -0.374 e. The van der Waals surface area contributed by atoms with E-state index in [1.54, 1.807) is 0 Å². The largest absolute Gasteiger partial charge is 0.374 e. The summed E-state index contributed by atoms with van der Waals surface area (Å²) in [7, 11) is 0. The van der Waals surface area contributed by atoms with Crippen LogP contribution >= 0.6 is 0 Å². The summed E-state index contributed by atoms with van der Waals surface area (Å²) in [5.74, 6) is -0.0162. The van der Waals surface area contributed by atoms with Gasteiger partial charge < -0.3 is 15.4 Å². The number of hydrogen-bond donors (Lipinski definition) is 2. The molecule has 2 rings (SSSR count). The Morgan fingerprint density at radius 2 is 2.00 bits per heavy atom. The van der Waals surface area contributed by atoms with Crippen molar-refractivity contribution in [1.82, 2.24) is 10.6 Å². The van der Waals surface area contributed by atoms with Crippen molar-refractivity contribution in [2.75, 3.05) is 19.6 Å². The Kier molecular flexibility index (Phi) is 5.56. The number of nitrogens with one attached hydrogen (secondary N) is 2. The maximum Gasteiger partial charge on any atom is 0.251 e. The lowest BCUT2D eigenvalue weighted by Gasteiger charge is -2.12. The maximum absolute atomic E-state index is 11.9. The molecule has 1 amide bonds. The molecule has 2 unspecified atom stereocenters. The molecule has 110 valence electrons. The lowest BCUT2D eigenvalue weighted by molar-refractivity contribution is 0.0562. The van der Waals surface area contributed by atoms with Gasteiger partial charge >= 0.3 is 0 Å². The highest BCUT2D eigenvalue weighted by atomic mass is 16.5. The van der Waals surface area contributed by atoms with E-state index >= 15 is 0 Å². The molecule has 2 N–H and O–H groups in total. The van der Waals surface area contributed by atoms with E-state index in [1.807, 2.05) is 31.2 Å². The first-order valence-electron chi connectivity index (χ1n) is 7.36. The maximum atomic E-state index is 11.9. The van der Waals surface area contributed by atoms with Crippen molar-refractivity contribution in [3.8, 4) is 0 Å². The van der Waals surface area contributed by atoms with Gasteiger partial charge in [-0.1, -0.05) is 17.7 Å². The normalized spacial score (nSPS) is 21.9. The lowest BCUT2D eigenvalue weighted by atomic mass is 10.1. The fraction of sp³-hybridized carbons (Fsp3) is 0.562. The molecule has 0 saturated carbocycles. The molecule has 1 saturated heterocycles.